The third-order valence-electron chi connectivity index (χ3n) is 3.54. The quantitative estimate of drug-likeness (QED) is 0.405. The number of esters is 1. The summed E-state index contributed by atoms with van der Waals surface area (Å²) in [5, 5.41) is 0. The molecule has 0 aliphatic heterocycles. The first-order valence-corrected chi connectivity index (χ1v) is 6.08. The van der Waals surface area contributed by atoms with Crippen molar-refractivity contribution >= 4 is 5.97 Å². The molecule has 2 heteroatoms. The van der Waals surface area contributed by atoms with Crippen LogP contribution in [0.1, 0.15) is 46.0 Å². The van der Waals surface area contributed by atoms with Crippen LogP contribution in [0.4, 0.5) is 0 Å². The van der Waals surface area contributed by atoms with Crippen molar-refractivity contribution < 1.29 is 9.53 Å². The van der Waals surface area contributed by atoms with Crippen LogP contribution in [0.3, 0.4) is 0 Å². The maximum absolute atomic E-state index is 11.6. The molecule has 0 radical (unpaired) electrons. The minimum Gasteiger partial charge on any atom is -0.452 e. The van der Waals surface area contributed by atoms with Gasteiger partial charge >= 0.3 is 5.97 Å². The normalized spacial score (nSPS) is 32.9. The van der Waals surface area contributed by atoms with E-state index in [1.165, 1.54) is 31.3 Å². The summed E-state index contributed by atoms with van der Waals surface area (Å²) >= 11 is 0. The molecule has 2 rings (SSSR count). The zero-order valence-corrected chi connectivity index (χ0v) is 10.2. The number of hydrogen-bond donors (Lipinski definition) is 0. The van der Waals surface area contributed by atoms with Gasteiger partial charge in [0, 0.05) is 5.57 Å². The van der Waals surface area contributed by atoms with E-state index < -0.39 is 5.60 Å². The monoisotopic (exact) mass is 220 g/mol. The van der Waals surface area contributed by atoms with Gasteiger partial charge in [-0.3, -0.25) is 0 Å². The number of ether oxygens (including phenoxy) is 1. The lowest BCUT2D eigenvalue weighted by atomic mass is 9.73. The van der Waals surface area contributed by atoms with Crippen LogP contribution in [-0.4, -0.2) is 11.6 Å². The summed E-state index contributed by atoms with van der Waals surface area (Å²) in [6, 6.07) is 0. The van der Waals surface area contributed by atoms with E-state index in [1.807, 2.05) is 6.92 Å². The van der Waals surface area contributed by atoms with Crippen LogP contribution in [0.5, 0.6) is 0 Å². The molecular formula is C14H20O2. The molecule has 0 aromatic rings. The molecule has 2 aliphatic rings. The summed E-state index contributed by atoms with van der Waals surface area (Å²) in [4.78, 5) is 11.6. The molecule has 2 unspecified atom stereocenters. The van der Waals surface area contributed by atoms with Crippen molar-refractivity contribution in [3.63, 3.8) is 0 Å². The van der Waals surface area contributed by atoms with Gasteiger partial charge in [0.05, 0.1) is 0 Å². The van der Waals surface area contributed by atoms with Crippen LogP contribution in [0.15, 0.2) is 23.8 Å². The molecule has 0 aromatic heterocycles. The van der Waals surface area contributed by atoms with Crippen LogP contribution in [-0.2, 0) is 9.53 Å². The molecule has 0 amide bonds. The highest BCUT2D eigenvalue weighted by atomic mass is 16.6. The van der Waals surface area contributed by atoms with Crippen LogP contribution in [0.25, 0.3) is 0 Å². The minimum atomic E-state index is -0.394. The molecule has 2 atom stereocenters. The predicted molar refractivity (Wildman–Crippen MR) is 64.0 cm³/mol. The number of hydrogen-bond acceptors (Lipinski definition) is 2. The average molecular weight is 220 g/mol. The molecule has 0 spiro atoms. The first kappa shape index (κ1) is 11.4. The highest BCUT2D eigenvalue weighted by Crippen LogP contribution is 2.41. The molecule has 2 aliphatic carbocycles. The lowest BCUT2D eigenvalue weighted by molar-refractivity contribution is -0.150. The number of fused-ring (bicyclic) bond motifs is 2. The number of carbonyl (C=O) groups is 1. The van der Waals surface area contributed by atoms with Gasteiger partial charge in [0.15, 0.2) is 0 Å². The Bertz CT molecular complexity index is 354. The van der Waals surface area contributed by atoms with Crippen molar-refractivity contribution in [2.24, 2.45) is 5.92 Å². The highest BCUT2D eigenvalue weighted by molar-refractivity contribution is 5.87. The van der Waals surface area contributed by atoms with Crippen LogP contribution in [0.2, 0.25) is 0 Å². The maximum atomic E-state index is 11.6. The summed E-state index contributed by atoms with van der Waals surface area (Å²) in [5.41, 5.74) is 1.56. The molecular weight excluding hydrogens is 200 g/mol. The van der Waals surface area contributed by atoms with Crippen molar-refractivity contribution in [3.8, 4) is 0 Å². The zero-order chi connectivity index (χ0) is 11.8. The van der Waals surface area contributed by atoms with E-state index in [0.717, 1.165) is 6.42 Å². The van der Waals surface area contributed by atoms with Gasteiger partial charge in [-0.05, 0) is 57.9 Å². The van der Waals surface area contributed by atoms with Gasteiger partial charge in [0.25, 0.3) is 0 Å². The number of carbonyl (C=O) groups excluding carboxylic acids is 1. The Balaban J connectivity index is 2.13. The lowest BCUT2D eigenvalue weighted by Crippen LogP contribution is -2.36. The molecule has 0 N–H and O–H groups in total. The molecule has 0 heterocycles. The SMILES string of the molecule is C=C(C)C(=O)OC1(C)C=C2CCCC(C2)C1. The summed E-state index contributed by atoms with van der Waals surface area (Å²) in [6.07, 6.45) is 8.09. The molecule has 2 bridgehead atoms. The van der Waals surface area contributed by atoms with Crippen molar-refractivity contribution in [1.82, 2.24) is 0 Å². The summed E-state index contributed by atoms with van der Waals surface area (Å²) < 4.78 is 5.56. The summed E-state index contributed by atoms with van der Waals surface area (Å²) in [5.74, 6) is 0.441. The highest BCUT2D eigenvalue weighted by Gasteiger charge is 2.36. The van der Waals surface area contributed by atoms with Crippen molar-refractivity contribution in [3.05, 3.63) is 23.8 Å². The Hall–Kier alpha value is -1.05. The van der Waals surface area contributed by atoms with Crippen LogP contribution < -0.4 is 0 Å². The van der Waals surface area contributed by atoms with E-state index in [9.17, 15) is 4.79 Å². The molecule has 0 aromatic carbocycles. The Labute approximate surface area is 97.4 Å². The first-order valence-electron chi connectivity index (χ1n) is 6.08. The van der Waals surface area contributed by atoms with E-state index >= 15 is 0 Å². The van der Waals surface area contributed by atoms with Gasteiger partial charge in [0.2, 0.25) is 0 Å². The van der Waals surface area contributed by atoms with Crippen LogP contribution >= 0.6 is 0 Å². The van der Waals surface area contributed by atoms with Crippen molar-refractivity contribution in [2.45, 2.75) is 51.6 Å². The topological polar surface area (TPSA) is 26.3 Å². The van der Waals surface area contributed by atoms with E-state index in [1.54, 1.807) is 6.92 Å². The zero-order valence-electron chi connectivity index (χ0n) is 10.2. The molecule has 1 fully saturated rings. The summed E-state index contributed by atoms with van der Waals surface area (Å²) in [6.45, 7) is 7.34. The van der Waals surface area contributed by atoms with E-state index in [4.69, 9.17) is 4.74 Å². The van der Waals surface area contributed by atoms with E-state index in [2.05, 4.69) is 12.7 Å². The van der Waals surface area contributed by atoms with Gasteiger partial charge in [-0.1, -0.05) is 12.2 Å². The Kier molecular flexibility index (Phi) is 2.92. The van der Waals surface area contributed by atoms with Crippen molar-refractivity contribution in [2.75, 3.05) is 0 Å². The number of rotatable bonds is 2. The third kappa shape index (κ3) is 2.37. The molecule has 2 nitrogen and oxygen atoms in total. The Morgan fingerprint density at radius 1 is 1.62 bits per heavy atom. The smallest absolute Gasteiger partial charge is 0.333 e. The number of allylic oxidation sites excluding steroid dienone is 1. The van der Waals surface area contributed by atoms with Gasteiger partial charge in [-0.25, -0.2) is 4.79 Å². The average Bonchev–Trinajstić information content (AvgIpc) is 2.15. The molecule has 88 valence electrons. The predicted octanol–water partition coefficient (Wildman–Crippen LogP) is 3.38. The molecule has 1 saturated carbocycles. The lowest BCUT2D eigenvalue weighted by Gasteiger charge is -2.39. The van der Waals surface area contributed by atoms with E-state index in [0.29, 0.717) is 11.5 Å². The van der Waals surface area contributed by atoms with Crippen molar-refractivity contribution in [1.29, 1.82) is 0 Å². The third-order valence-corrected chi connectivity index (χ3v) is 3.54. The first-order chi connectivity index (χ1) is 7.48. The minimum absolute atomic E-state index is 0.265. The fourth-order valence-electron chi connectivity index (χ4n) is 2.93. The Morgan fingerprint density at radius 3 is 3.00 bits per heavy atom. The van der Waals surface area contributed by atoms with Crippen LogP contribution in [0, 0.1) is 5.92 Å². The second-order valence-electron chi connectivity index (χ2n) is 5.45. The summed E-state index contributed by atoms with van der Waals surface area (Å²) in [7, 11) is 0. The standard InChI is InChI=1S/C14H20O2/c1-10(2)13(15)16-14(3)8-11-5-4-6-12(7-11)9-14/h8,12H,1,4-7,9H2,2-3H3. The molecule has 16 heavy (non-hydrogen) atoms. The van der Waals surface area contributed by atoms with E-state index in [-0.39, 0.29) is 5.97 Å². The molecule has 0 saturated heterocycles. The maximum Gasteiger partial charge on any atom is 0.333 e. The second kappa shape index (κ2) is 4.08. The Morgan fingerprint density at radius 2 is 2.38 bits per heavy atom. The fourth-order valence-corrected chi connectivity index (χ4v) is 2.93. The van der Waals surface area contributed by atoms with Gasteiger partial charge in [0.1, 0.15) is 5.60 Å². The largest absolute Gasteiger partial charge is 0.452 e. The van der Waals surface area contributed by atoms with Gasteiger partial charge in [-0.15, -0.1) is 0 Å². The van der Waals surface area contributed by atoms with Gasteiger partial charge in [-0.2, -0.15) is 0 Å². The van der Waals surface area contributed by atoms with Gasteiger partial charge < -0.3 is 4.74 Å². The second-order valence-corrected chi connectivity index (χ2v) is 5.45. The fraction of sp³-hybridized carbons (Fsp3) is 0.643.